The van der Waals surface area contributed by atoms with Crippen molar-refractivity contribution in [3.63, 3.8) is 0 Å². The Morgan fingerprint density at radius 1 is 1.02 bits per heavy atom. The molecule has 1 aliphatic rings. The van der Waals surface area contributed by atoms with E-state index in [0.717, 1.165) is 22.7 Å². The lowest BCUT2D eigenvalue weighted by Gasteiger charge is -2.26. The molecular formula is C34H34F2N5O5S+. The Morgan fingerprint density at radius 3 is 2.53 bits per heavy atom. The van der Waals surface area contributed by atoms with Crippen LogP contribution in [0.3, 0.4) is 0 Å². The van der Waals surface area contributed by atoms with Crippen LogP contribution in [0.2, 0.25) is 0 Å². The summed E-state index contributed by atoms with van der Waals surface area (Å²) in [6.07, 6.45) is 5.68. The number of ketones is 1. The van der Waals surface area contributed by atoms with E-state index in [1.165, 1.54) is 23.0 Å². The fourth-order valence-corrected chi connectivity index (χ4v) is 5.73. The highest BCUT2D eigenvalue weighted by Gasteiger charge is 2.25. The minimum Gasteiger partial charge on any atom is -0.454 e. The summed E-state index contributed by atoms with van der Waals surface area (Å²) in [5, 5.41) is 5.08. The van der Waals surface area contributed by atoms with E-state index in [4.69, 9.17) is 19.9 Å². The van der Waals surface area contributed by atoms with E-state index in [-0.39, 0.29) is 52.2 Å². The molecule has 2 aromatic heterocycles. The van der Waals surface area contributed by atoms with Crippen LogP contribution in [0, 0.1) is 11.6 Å². The monoisotopic (exact) mass is 662 g/mol. The second kappa shape index (κ2) is 14.0. The molecule has 0 atom stereocenters. The number of ether oxygens (including phenoxy) is 3. The normalized spacial score (nSPS) is 13.4. The van der Waals surface area contributed by atoms with Crippen LogP contribution < -0.4 is 10.5 Å². The molecule has 2 N–H and O–H groups in total. The number of nitrogens with two attached hydrogens (primary N) is 1. The number of nitrogens with zero attached hydrogens (tertiary/aromatic N) is 4. The van der Waals surface area contributed by atoms with Crippen molar-refractivity contribution < 1.29 is 32.6 Å². The van der Waals surface area contributed by atoms with Gasteiger partial charge in [0.15, 0.2) is 11.6 Å². The van der Waals surface area contributed by atoms with Crippen LogP contribution in [0.25, 0.3) is 16.6 Å². The highest BCUT2D eigenvalue weighted by Crippen LogP contribution is 2.29. The molecule has 1 aliphatic heterocycles. The van der Waals surface area contributed by atoms with Gasteiger partial charge in [-0.25, -0.2) is 9.07 Å². The SMILES string of the molecule is C[S+](C)CCOCn1c(C(=O)c2cnn(-c3ccc(Oc4cccc(F)c4F)cc3)c2N)cc2cc(C(=O)N3CCOCC3)ccc21. The molecule has 1 saturated heterocycles. The molecule has 1 fully saturated rings. The zero-order chi connectivity index (χ0) is 33.1. The number of carbonyl (C=O) groups is 2. The molecule has 0 unspecified atom stereocenters. The summed E-state index contributed by atoms with van der Waals surface area (Å²) < 4.78 is 47.7. The topological polar surface area (TPSA) is 114 Å². The number of carbonyl (C=O) groups excluding carboxylic acids is 2. The van der Waals surface area contributed by atoms with Crippen LogP contribution in [0.4, 0.5) is 14.6 Å². The molecule has 6 rings (SSSR count). The molecule has 3 heterocycles. The second-order valence-corrected chi connectivity index (χ2v) is 13.6. The molecule has 47 heavy (non-hydrogen) atoms. The first-order valence-electron chi connectivity index (χ1n) is 14.9. The second-order valence-electron chi connectivity index (χ2n) is 11.2. The van der Waals surface area contributed by atoms with Gasteiger partial charge in [0.25, 0.3) is 5.91 Å². The van der Waals surface area contributed by atoms with Gasteiger partial charge in [0, 0.05) is 24.0 Å². The summed E-state index contributed by atoms with van der Waals surface area (Å²) in [6, 6.07) is 17.2. The molecule has 5 aromatic rings. The van der Waals surface area contributed by atoms with Gasteiger partial charge in [-0.15, -0.1) is 0 Å². The van der Waals surface area contributed by atoms with Gasteiger partial charge in [-0.05, 0) is 71.6 Å². The van der Waals surface area contributed by atoms with Crippen LogP contribution in [0.5, 0.6) is 11.5 Å². The Balaban J connectivity index is 1.28. The first-order valence-corrected chi connectivity index (χ1v) is 17.1. The summed E-state index contributed by atoms with van der Waals surface area (Å²) in [4.78, 5) is 29.0. The number of halogens is 2. The predicted molar refractivity (Wildman–Crippen MR) is 177 cm³/mol. The summed E-state index contributed by atoms with van der Waals surface area (Å²) in [5.74, 6) is -1.51. The lowest BCUT2D eigenvalue weighted by molar-refractivity contribution is 0.0303. The number of rotatable bonds is 11. The molecule has 244 valence electrons. The van der Waals surface area contributed by atoms with Gasteiger partial charge >= 0.3 is 0 Å². The molecule has 0 aliphatic carbocycles. The van der Waals surface area contributed by atoms with Crippen LogP contribution in [0.1, 0.15) is 26.4 Å². The molecule has 0 spiro atoms. The summed E-state index contributed by atoms with van der Waals surface area (Å²) in [7, 11) is 0.202. The Bertz CT molecular complexity index is 1920. The maximum absolute atomic E-state index is 14.1. The van der Waals surface area contributed by atoms with Gasteiger partial charge in [0.2, 0.25) is 11.6 Å². The Labute approximate surface area is 273 Å². The summed E-state index contributed by atoms with van der Waals surface area (Å²) >= 11 is 0. The van der Waals surface area contributed by atoms with Gasteiger partial charge in [-0.2, -0.15) is 9.49 Å². The molecule has 0 radical (unpaired) electrons. The maximum atomic E-state index is 14.1. The molecule has 13 heteroatoms. The number of benzene rings is 3. The van der Waals surface area contributed by atoms with Gasteiger partial charge in [0.1, 0.15) is 24.1 Å². The smallest absolute Gasteiger partial charge is 0.254 e. The standard InChI is InChI=1S/C34H33F2N5O5S/c1-47(2)17-16-45-21-40-28-11-6-22(34(43)39-12-14-44-15-13-39)18-23(28)19-29(40)32(42)26-20-38-41(33(26)37)24-7-9-25(10-8-24)46-30-5-3-4-27(35)31(30)36/h3-11,18-20H,12-17,21H2,1-2H3,(H-,37,38,42)/p+1. The zero-order valence-electron chi connectivity index (χ0n) is 25.9. The Morgan fingerprint density at radius 2 is 1.79 bits per heavy atom. The van der Waals surface area contributed by atoms with Gasteiger partial charge in [-0.1, -0.05) is 6.07 Å². The van der Waals surface area contributed by atoms with Gasteiger partial charge < -0.3 is 29.4 Å². The Kier molecular flexibility index (Phi) is 9.57. The van der Waals surface area contributed by atoms with Crippen molar-refractivity contribution >= 4 is 39.3 Å². The third-order valence-corrected chi connectivity index (χ3v) is 8.80. The van der Waals surface area contributed by atoms with E-state index >= 15 is 0 Å². The predicted octanol–water partition coefficient (Wildman–Crippen LogP) is 5.04. The van der Waals surface area contributed by atoms with Crippen molar-refractivity contribution in [2.24, 2.45) is 0 Å². The maximum Gasteiger partial charge on any atom is 0.254 e. The van der Waals surface area contributed by atoms with Gasteiger partial charge in [-0.3, -0.25) is 9.59 Å². The van der Waals surface area contributed by atoms with E-state index < -0.39 is 11.6 Å². The van der Waals surface area contributed by atoms with Crippen LogP contribution in [-0.2, 0) is 27.1 Å². The number of fused-ring (bicyclic) bond motifs is 1. The number of amides is 1. The highest BCUT2D eigenvalue weighted by molar-refractivity contribution is 7.95. The van der Waals surface area contributed by atoms with Crippen molar-refractivity contribution in [3.05, 3.63) is 101 Å². The van der Waals surface area contributed by atoms with Gasteiger partial charge in [0.05, 0.1) is 61.0 Å². The van der Waals surface area contributed by atoms with Crippen molar-refractivity contribution in [1.82, 2.24) is 19.2 Å². The number of hydrogen-bond donors (Lipinski definition) is 1. The quantitative estimate of drug-likeness (QED) is 0.120. The van der Waals surface area contributed by atoms with E-state index in [9.17, 15) is 18.4 Å². The van der Waals surface area contributed by atoms with E-state index in [1.807, 2.05) is 6.07 Å². The van der Waals surface area contributed by atoms with Crippen molar-refractivity contribution in [2.45, 2.75) is 6.73 Å². The minimum atomic E-state index is -1.08. The number of anilines is 1. The minimum absolute atomic E-state index is 0.0898. The molecule has 0 saturated carbocycles. The molecule has 10 nitrogen and oxygen atoms in total. The molecule has 1 amide bonds. The van der Waals surface area contributed by atoms with Crippen molar-refractivity contribution in [3.8, 4) is 17.2 Å². The number of morpholine rings is 1. The van der Waals surface area contributed by atoms with Crippen LogP contribution >= 0.6 is 0 Å². The average Bonchev–Trinajstić information content (AvgIpc) is 3.65. The van der Waals surface area contributed by atoms with Crippen molar-refractivity contribution in [2.75, 3.05) is 56.9 Å². The molecular weight excluding hydrogens is 628 g/mol. The number of hydrogen-bond acceptors (Lipinski definition) is 7. The van der Waals surface area contributed by atoms with E-state index in [0.29, 0.717) is 49.9 Å². The first kappa shape index (κ1) is 32.2. The Hall–Kier alpha value is -4.72. The average molecular weight is 663 g/mol. The molecule has 0 bridgehead atoms. The summed E-state index contributed by atoms with van der Waals surface area (Å²) in [5.41, 5.74) is 8.80. The first-order chi connectivity index (χ1) is 22.7. The largest absolute Gasteiger partial charge is 0.454 e. The lowest BCUT2D eigenvalue weighted by Crippen LogP contribution is -2.40. The molecule has 3 aromatic carbocycles. The number of nitrogen functional groups attached to an aromatic ring is 1. The lowest BCUT2D eigenvalue weighted by atomic mass is 10.1. The van der Waals surface area contributed by atoms with E-state index in [2.05, 4.69) is 17.6 Å². The van der Waals surface area contributed by atoms with Crippen LogP contribution in [-0.4, -0.2) is 82.1 Å². The fraction of sp³-hybridized carbons (Fsp3) is 0.265. The third-order valence-electron chi connectivity index (χ3n) is 7.81. The van der Waals surface area contributed by atoms with Crippen LogP contribution in [0.15, 0.2) is 72.9 Å². The number of aromatic nitrogens is 3. The van der Waals surface area contributed by atoms with Crippen molar-refractivity contribution in [1.29, 1.82) is 0 Å². The fourth-order valence-electron chi connectivity index (χ4n) is 5.28. The zero-order valence-corrected chi connectivity index (χ0v) is 26.8. The third kappa shape index (κ3) is 6.87. The van der Waals surface area contributed by atoms with E-state index in [1.54, 1.807) is 51.9 Å². The highest BCUT2D eigenvalue weighted by atomic mass is 32.2. The summed E-state index contributed by atoms with van der Waals surface area (Å²) in [6.45, 7) is 2.72.